The molecule has 2 unspecified atom stereocenters. The van der Waals surface area contributed by atoms with Gasteiger partial charge in [-0.1, -0.05) is 13.8 Å². The maximum Gasteiger partial charge on any atom is 0.317 e. The van der Waals surface area contributed by atoms with E-state index in [1.165, 1.54) is 0 Å². The Morgan fingerprint density at radius 1 is 1.29 bits per heavy atom. The number of nitrogens with one attached hydrogen (secondary N) is 1. The van der Waals surface area contributed by atoms with Crippen molar-refractivity contribution >= 4 is 12.0 Å². The Kier molecular flexibility index (Phi) is 5.08. The minimum atomic E-state index is -0.872. The molecule has 2 amide bonds. The molecule has 21 heavy (non-hydrogen) atoms. The minimum absolute atomic E-state index is 0.138. The summed E-state index contributed by atoms with van der Waals surface area (Å²) in [5, 5.41) is 12.3. The molecule has 2 heterocycles. The van der Waals surface area contributed by atoms with E-state index in [1.807, 2.05) is 0 Å². The zero-order chi connectivity index (χ0) is 15.5. The zero-order valence-electron chi connectivity index (χ0n) is 12.9. The lowest BCUT2D eigenvalue weighted by atomic mass is 9.80. The second-order valence-corrected chi connectivity index (χ2v) is 6.55. The Morgan fingerprint density at radius 3 is 2.52 bits per heavy atom. The van der Waals surface area contributed by atoms with E-state index in [2.05, 4.69) is 19.2 Å². The number of nitrogens with zero attached hydrogens (tertiary/aromatic N) is 1. The summed E-state index contributed by atoms with van der Waals surface area (Å²) in [6.07, 6.45) is 1.92. The molecule has 0 aromatic rings. The third kappa shape index (κ3) is 3.67. The van der Waals surface area contributed by atoms with E-state index >= 15 is 0 Å². The number of amides is 2. The van der Waals surface area contributed by atoms with Gasteiger partial charge in [0.15, 0.2) is 0 Å². The van der Waals surface area contributed by atoms with Crippen LogP contribution in [0.3, 0.4) is 0 Å². The molecule has 0 aliphatic carbocycles. The van der Waals surface area contributed by atoms with Gasteiger partial charge in [0.25, 0.3) is 0 Å². The summed E-state index contributed by atoms with van der Waals surface area (Å²) in [7, 11) is 0. The molecule has 120 valence electrons. The summed E-state index contributed by atoms with van der Waals surface area (Å²) in [5.41, 5.74) is -0.872. The quantitative estimate of drug-likeness (QED) is 0.828. The van der Waals surface area contributed by atoms with E-state index < -0.39 is 11.4 Å². The molecule has 2 fully saturated rings. The molecule has 0 saturated carbocycles. The van der Waals surface area contributed by atoms with Crippen LogP contribution in [0.25, 0.3) is 0 Å². The van der Waals surface area contributed by atoms with E-state index in [9.17, 15) is 14.7 Å². The third-order valence-electron chi connectivity index (χ3n) is 5.10. The van der Waals surface area contributed by atoms with Gasteiger partial charge in [-0.15, -0.1) is 0 Å². The first kappa shape index (κ1) is 16.1. The fourth-order valence-electron chi connectivity index (χ4n) is 3.03. The van der Waals surface area contributed by atoms with Crippen molar-refractivity contribution in [2.75, 3.05) is 32.8 Å². The number of ether oxygens (including phenoxy) is 1. The first-order valence-corrected chi connectivity index (χ1v) is 7.78. The molecule has 2 aliphatic heterocycles. The number of carbonyl (C=O) groups is 2. The first-order chi connectivity index (χ1) is 9.94. The Bertz CT molecular complexity index is 393. The maximum absolute atomic E-state index is 12.2. The van der Waals surface area contributed by atoms with Gasteiger partial charge in [0.1, 0.15) is 0 Å². The van der Waals surface area contributed by atoms with Crippen LogP contribution < -0.4 is 5.32 Å². The molecular weight excluding hydrogens is 272 g/mol. The Labute approximate surface area is 125 Å². The van der Waals surface area contributed by atoms with Crippen LogP contribution in [0.5, 0.6) is 0 Å². The van der Waals surface area contributed by atoms with Gasteiger partial charge in [-0.05, 0) is 31.1 Å². The van der Waals surface area contributed by atoms with Gasteiger partial charge in [0, 0.05) is 32.8 Å². The van der Waals surface area contributed by atoms with Crippen molar-refractivity contribution in [1.29, 1.82) is 0 Å². The van der Waals surface area contributed by atoms with Crippen molar-refractivity contribution < 1.29 is 19.4 Å². The number of aliphatic carboxylic acids is 1. The average molecular weight is 298 g/mol. The molecule has 0 aromatic heterocycles. The lowest BCUT2D eigenvalue weighted by Gasteiger charge is -2.37. The summed E-state index contributed by atoms with van der Waals surface area (Å²) < 4.78 is 5.24. The van der Waals surface area contributed by atoms with Gasteiger partial charge in [0.2, 0.25) is 0 Å². The number of urea groups is 1. The summed E-state index contributed by atoms with van der Waals surface area (Å²) in [5.74, 6) is 0.280. The summed E-state index contributed by atoms with van der Waals surface area (Å²) in [6.45, 7) is 6.94. The van der Waals surface area contributed by atoms with Crippen LogP contribution in [-0.2, 0) is 9.53 Å². The smallest absolute Gasteiger partial charge is 0.317 e. The molecule has 6 heteroatoms. The lowest BCUT2D eigenvalue weighted by molar-refractivity contribution is -0.154. The van der Waals surface area contributed by atoms with Crippen LogP contribution >= 0.6 is 0 Å². The monoisotopic (exact) mass is 298 g/mol. The van der Waals surface area contributed by atoms with Gasteiger partial charge >= 0.3 is 12.0 Å². The second-order valence-electron chi connectivity index (χ2n) is 6.55. The van der Waals surface area contributed by atoms with E-state index in [1.54, 1.807) is 4.90 Å². The largest absolute Gasteiger partial charge is 0.481 e. The highest BCUT2D eigenvalue weighted by atomic mass is 16.5. The molecule has 2 N–H and O–H groups in total. The number of carbonyl (C=O) groups excluding carboxylic acids is 1. The standard InChI is InChI=1S/C15H26N2O4/c1-11-3-6-17(9-12(11)2)14(20)16-10-15(13(18)19)4-7-21-8-5-15/h11-12H,3-10H2,1-2H3,(H,16,20)(H,18,19). The fraction of sp³-hybridized carbons (Fsp3) is 0.867. The van der Waals surface area contributed by atoms with Crippen molar-refractivity contribution in [2.45, 2.75) is 33.1 Å². The van der Waals surface area contributed by atoms with Crippen LogP contribution in [0.4, 0.5) is 4.79 Å². The Balaban J connectivity index is 1.89. The predicted octanol–water partition coefficient (Wildman–Crippen LogP) is 1.56. The highest BCUT2D eigenvalue weighted by Crippen LogP contribution is 2.30. The van der Waals surface area contributed by atoms with Gasteiger partial charge in [0.05, 0.1) is 5.41 Å². The van der Waals surface area contributed by atoms with Gasteiger partial charge in [-0.2, -0.15) is 0 Å². The van der Waals surface area contributed by atoms with Crippen molar-refractivity contribution in [3.8, 4) is 0 Å². The van der Waals surface area contributed by atoms with Crippen LogP contribution in [0.15, 0.2) is 0 Å². The van der Waals surface area contributed by atoms with Crippen LogP contribution in [-0.4, -0.2) is 54.9 Å². The van der Waals surface area contributed by atoms with Gasteiger partial charge in [-0.3, -0.25) is 4.79 Å². The van der Waals surface area contributed by atoms with Gasteiger partial charge in [-0.25, -0.2) is 4.79 Å². The molecule has 2 saturated heterocycles. The fourth-order valence-corrected chi connectivity index (χ4v) is 3.03. The Hall–Kier alpha value is -1.30. The van der Waals surface area contributed by atoms with Crippen molar-refractivity contribution in [3.05, 3.63) is 0 Å². The van der Waals surface area contributed by atoms with Gasteiger partial charge < -0.3 is 20.1 Å². The third-order valence-corrected chi connectivity index (χ3v) is 5.10. The summed E-state index contributed by atoms with van der Waals surface area (Å²) >= 11 is 0. The number of hydrogen-bond acceptors (Lipinski definition) is 3. The normalized spacial score (nSPS) is 29.0. The SMILES string of the molecule is CC1CCN(C(=O)NCC2(C(=O)O)CCOCC2)CC1C. The molecule has 6 nitrogen and oxygen atoms in total. The average Bonchev–Trinajstić information content (AvgIpc) is 2.48. The van der Waals surface area contributed by atoms with Crippen LogP contribution in [0.2, 0.25) is 0 Å². The summed E-state index contributed by atoms with van der Waals surface area (Å²) in [6, 6.07) is -0.138. The van der Waals surface area contributed by atoms with Crippen molar-refractivity contribution in [2.24, 2.45) is 17.3 Å². The minimum Gasteiger partial charge on any atom is -0.481 e. The molecular formula is C15H26N2O4. The predicted molar refractivity (Wildman–Crippen MR) is 78.0 cm³/mol. The molecule has 2 atom stereocenters. The Morgan fingerprint density at radius 2 is 1.95 bits per heavy atom. The molecule has 2 aliphatic rings. The van der Waals surface area contributed by atoms with E-state index in [-0.39, 0.29) is 12.6 Å². The number of piperidine rings is 1. The van der Waals surface area contributed by atoms with E-state index in [0.29, 0.717) is 37.9 Å². The van der Waals surface area contributed by atoms with Crippen LogP contribution in [0.1, 0.15) is 33.1 Å². The highest BCUT2D eigenvalue weighted by molar-refractivity contribution is 5.78. The number of likely N-dealkylation sites (tertiary alicyclic amines) is 1. The van der Waals surface area contributed by atoms with Crippen molar-refractivity contribution in [3.63, 3.8) is 0 Å². The molecule has 0 radical (unpaired) electrons. The van der Waals surface area contributed by atoms with Crippen molar-refractivity contribution in [1.82, 2.24) is 10.2 Å². The lowest BCUT2D eigenvalue weighted by Crippen LogP contribution is -2.52. The number of carboxylic acid groups (broad SMARTS) is 1. The number of hydrogen-bond donors (Lipinski definition) is 2. The zero-order valence-corrected chi connectivity index (χ0v) is 12.9. The highest BCUT2D eigenvalue weighted by Gasteiger charge is 2.41. The first-order valence-electron chi connectivity index (χ1n) is 7.78. The molecule has 0 aromatic carbocycles. The topological polar surface area (TPSA) is 78.9 Å². The second kappa shape index (κ2) is 6.64. The molecule has 2 rings (SSSR count). The molecule has 0 spiro atoms. The van der Waals surface area contributed by atoms with E-state index in [4.69, 9.17) is 4.74 Å². The maximum atomic E-state index is 12.2. The molecule has 0 bridgehead atoms. The van der Waals surface area contributed by atoms with Crippen LogP contribution in [0, 0.1) is 17.3 Å². The number of rotatable bonds is 3. The van der Waals surface area contributed by atoms with E-state index in [0.717, 1.165) is 19.5 Å². The number of carboxylic acids is 1. The summed E-state index contributed by atoms with van der Waals surface area (Å²) in [4.78, 5) is 25.6.